The van der Waals surface area contributed by atoms with Crippen molar-refractivity contribution in [1.82, 2.24) is 4.98 Å². The molecule has 2 aromatic rings. The Kier molecular flexibility index (Phi) is 11.7. The Balaban J connectivity index is 1.73. The molecule has 0 N–H and O–H groups in total. The molecular formula is C28H43N. The lowest BCUT2D eigenvalue weighted by Gasteiger charge is -2.10. The Morgan fingerprint density at radius 1 is 0.655 bits per heavy atom. The molecule has 0 bridgehead atoms. The van der Waals surface area contributed by atoms with Crippen LogP contribution in [0.1, 0.15) is 103 Å². The summed E-state index contributed by atoms with van der Waals surface area (Å²) in [7, 11) is 0. The van der Waals surface area contributed by atoms with E-state index in [1.54, 1.807) is 0 Å². The number of unbranched alkanes of at least 4 members (excludes halogenated alkanes) is 6. The second kappa shape index (κ2) is 14.4. The molecule has 0 saturated carbocycles. The predicted octanol–water partition coefficient (Wildman–Crippen LogP) is 8.80. The minimum absolute atomic E-state index is 0.858. The van der Waals surface area contributed by atoms with Crippen molar-refractivity contribution in [1.29, 1.82) is 0 Å². The van der Waals surface area contributed by atoms with E-state index >= 15 is 0 Å². The van der Waals surface area contributed by atoms with Crippen LogP contribution >= 0.6 is 0 Å². The summed E-state index contributed by atoms with van der Waals surface area (Å²) in [5, 5.41) is 0. The zero-order chi connectivity index (χ0) is 20.7. The molecule has 29 heavy (non-hydrogen) atoms. The zero-order valence-electron chi connectivity index (χ0n) is 19.3. The van der Waals surface area contributed by atoms with Crippen LogP contribution in [0.3, 0.4) is 0 Å². The van der Waals surface area contributed by atoms with Crippen molar-refractivity contribution in [2.75, 3.05) is 0 Å². The quantitative estimate of drug-likeness (QED) is 0.275. The summed E-state index contributed by atoms with van der Waals surface area (Å²) >= 11 is 0. The summed E-state index contributed by atoms with van der Waals surface area (Å²) in [6.45, 7) is 6.95. The Hall–Kier alpha value is -1.63. The van der Waals surface area contributed by atoms with E-state index in [1.807, 2.05) is 0 Å². The van der Waals surface area contributed by atoms with Crippen LogP contribution in [0.2, 0.25) is 0 Å². The Morgan fingerprint density at radius 3 is 1.97 bits per heavy atom. The highest BCUT2D eigenvalue weighted by molar-refractivity contribution is 5.59. The summed E-state index contributed by atoms with van der Waals surface area (Å²) < 4.78 is 0. The molecule has 1 heterocycles. The van der Waals surface area contributed by atoms with Crippen LogP contribution in [0.25, 0.3) is 11.3 Å². The molecule has 1 aromatic heterocycles. The van der Waals surface area contributed by atoms with Crippen molar-refractivity contribution < 1.29 is 0 Å². The number of nitrogens with zero attached hydrogens (tertiary/aromatic N) is 1. The Bertz CT molecular complexity index is 641. The van der Waals surface area contributed by atoms with Gasteiger partial charge in [0.05, 0.1) is 5.69 Å². The molecule has 1 aromatic carbocycles. The minimum atomic E-state index is 0.858. The van der Waals surface area contributed by atoms with Gasteiger partial charge in [0.2, 0.25) is 0 Å². The van der Waals surface area contributed by atoms with E-state index in [0.717, 1.165) is 18.0 Å². The van der Waals surface area contributed by atoms with Crippen LogP contribution in [0, 0.1) is 5.92 Å². The summed E-state index contributed by atoms with van der Waals surface area (Å²) in [5.74, 6) is 0.858. The van der Waals surface area contributed by atoms with E-state index < -0.39 is 0 Å². The zero-order valence-corrected chi connectivity index (χ0v) is 19.3. The van der Waals surface area contributed by atoms with E-state index in [4.69, 9.17) is 4.98 Å². The van der Waals surface area contributed by atoms with Gasteiger partial charge in [-0.3, -0.25) is 4.98 Å². The average molecular weight is 394 g/mol. The molecule has 160 valence electrons. The molecule has 1 nitrogen and oxygen atoms in total. The van der Waals surface area contributed by atoms with E-state index in [2.05, 4.69) is 63.4 Å². The topological polar surface area (TPSA) is 12.9 Å². The number of hydrogen-bond donors (Lipinski definition) is 0. The predicted molar refractivity (Wildman–Crippen MR) is 128 cm³/mol. The van der Waals surface area contributed by atoms with E-state index in [1.165, 1.54) is 93.7 Å². The van der Waals surface area contributed by atoms with Gasteiger partial charge in [-0.1, -0.05) is 109 Å². The maximum absolute atomic E-state index is 4.73. The third-order valence-corrected chi connectivity index (χ3v) is 6.11. The number of rotatable bonds is 15. The highest BCUT2D eigenvalue weighted by Crippen LogP contribution is 2.20. The van der Waals surface area contributed by atoms with Gasteiger partial charge in [-0.05, 0) is 48.8 Å². The van der Waals surface area contributed by atoms with Crippen molar-refractivity contribution in [3.63, 3.8) is 0 Å². The first kappa shape index (κ1) is 23.6. The number of hydrogen-bond acceptors (Lipinski definition) is 1. The first-order valence-electron chi connectivity index (χ1n) is 12.3. The van der Waals surface area contributed by atoms with Crippen LogP contribution in [-0.4, -0.2) is 4.98 Å². The minimum Gasteiger partial charge on any atom is -0.256 e. The molecule has 2 rings (SSSR count). The number of benzene rings is 1. The lowest BCUT2D eigenvalue weighted by atomic mass is 9.96. The highest BCUT2D eigenvalue weighted by atomic mass is 14.7. The van der Waals surface area contributed by atoms with Gasteiger partial charge >= 0.3 is 0 Å². The second-order valence-corrected chi connectivity index (χ2v) is 8.91. The maximum Gasteiger partial charge on any atom is 0.0702 e. The fraction of sp³-hybridized carbons (Fsp3) is 0.607. The lowest BCUT2D eigenvalue weighted by Crippen LogP contribution is -1.96. The molecule has 1 heteroatoms. The smallest absolute Gasteiger partial charge is 0.0702 e. The Labute approximate surface area is 180 Å². The average Bonchev–Trinajstić information content (AvgIpc) is 2.76. The molecule has 1 unspecified atom stereocenters. The van der Waals surface area contributed by atoms with E-state index in [0.29, 0.717) is 0 Å². The fourth-order valence-corrected chi connectivity index (χ4v) is 4.05. The Morgan fingerprint density at radius 2 is 1.28 bits per heavy atom. The van der Waals surface area contributed by atoms with Crippen LogP contribution in [0.5, 0.6) is 0 Å². The first-order chi connectivity index (χ1) is 14.2. The second-order valence-electron chi connectivity index (χ2n) is 8.91. The van der Waals surface area contributed by atoms with Crippen molar-refractivity contribution >= 4 is 0 Å². The molecule has 0 radical (unpaired) electrons. The van der Waals surface area contributed by atoms with Crippen LogP contribution < -0.4 is 0 Å². The van der Waals surface area contributed by atoms with Crippen LogP contribution in [-0.2, 0) is 12.8 Å². The molecule has 0 saturated heterocycles. The van der Waals surface area contributed by atoms with Gasteiger partial charge in [-0.25, -0.2) is 0 Å². The van der Waals surface area contributed by atoms with Gasteiger partial charge in [0, 0.05) is 11.8 Å². The molecule has 0 aliphatic heterocycles. The first-order valence-corrected chi connectivity index (χ1v) is 12.3. The largest absolute Gasteiger partial charge is 0.256 e. The van der Waals surface area contributed by atoms with Crippen molar-refractivity contribution in [3.8, 4) is 11.3 Å². The van der Waals surface area contributed by atoms with Gasteiger partial charge in [-0.15, -0.1) is 0 Å². The van der Waals surface area contributed by atoms with E-state index in [-0.39, 0.29) is 0 Å². The monoisotopic (exact) mass is 393 g/mol. The van der Waals surface area contributed by atoms with Crippen LogP contribution in [0.4, 0.5) is 0 Å². The van der Waals surface area contributed by atoms with Crippen molar-refractivity contribution in [3.05, 3.63) is 53.7 Å². The number of aromatic nitrogens is 1. The van der Waals surface area contributed by atoms with E-state index in [9.17, 15) is 0 Å². The standard InChI is InChI=1S/C28H43N/c1-4-6-8-9-10-11-15-25-17-20-27(21-18-25)28-22-19-26(23-29-28)16-12-14-24(3)13-7-5-2/h17-24H,4-16H2,1-3H3. The number of aryl methyl sites for hydroxylation is 2. The van der Waals surface area contributed by atoms with Gasteiger partial charge in [-0.2, -0.15) is 0 Å². The third kappa shape index (κ3) is 9.61. The third-order valence-electron chi connectivity index (χ3n) is 6.11. The summed E-state index contributed by atoms with van der Waals surface area (Å²) in [5.41, 5.74) is 5.15. The molecule has 0 amide bonds. The van der Waals surface area contributed by atoms with Gasteiger partial charge in [0.1, 0.15) is 0 Å². The highest BCUT2D eigenvalue weighted by Gasteiger charge is 2.04. The summed E-state index contributed by atoms with van der Waals surface area (Å²) in [6.07, 6.45) is 19.3. The molecule has 0 spiro atoms. The normalized spacial score (nSPS) is 12.2. The number of pyridine rings is 1. The summed E-state index contributed by atoms with van der Waals surface area (Å²) in [6, 6.07) is 13.5. The van der Waals surface area contributed by atoms with Gasteiger partial charge in [0.15, 0.2) is 0 Å². The lowest BCUT2D eigenvalue weighted by molar-refractivity contribution is 0.457. The SMILES string of the molecule is CCCCCCCCc1ccc(-c2ccc(CCCC(C)CCCC)cn2)cc1. The van der Waals surface area contributed by atoms with Gasteiger partial charge < -0.3 is 0 Å². The maximum atomic E-state index is 4.73. The fourth-order valence-electron chi connectivity index (χ4n) is 4.05. The molecule has 0 fully saturated rings. The van der Waals surface area contributed by atoms with Crippen LogP contribution in [0.15, 0.2) is 42.6 Å². The van der Waals surface area contributed by atoms with Gasteiger partial charge in [0.25, 0.3) is 0 Å². The summed E-state index contributed by atoms with van der Waals surface area (Å²) in [4.78, 5) is 4.73. The molecular weight excluding hydrogens is 350 g/mol. The molecule has 1 atom stereocenters. The van der Waals surface area contributed by atoms with Crippen molar-refractivity contribution in [2.45, 2.75) is 104 Å². The van der Waals surface area contributed by atoms with Crippen molar-refractivity contribution in [2.24, 2.45) is 5.92 Å². The molecule has 0 aliphatic carbocycles. The molecule has 0 aliphatic rings.